The average Bonchev–Trinajstić information content (AvgIpc) is 2.67. The van der Waals surface area contributed by atoms with Crippen LogP contribution >= 0.6 is 11.6 Å². The number of carbonyl (C=O) groups excluding carboxylic acids is 3. The van der Waals surface area contributed by atoms with Gasteiger partial charge in [0.15, 0.2) is 0 Å². The van der Waals surface area contributed by atoms with Crippen molar-refractivity contribution < 1.29 is 19.3 Å². The summed E-state index contributed by atoms with van der Waals surface area (Å²) in [5.74, 6) is -1.43. The number of hydrogen-bond donors (Lipinski definition) is 2. The second-order valence-corrected chi connectivity index (χ2v) is 6.16. The molecule has 2 aromatic rings. The number of para-hydroxylation sites is 1. The molecular formula is C18H17ClN4O5. The van der Waals surface area contributed by atoms with E-state index in [0.717, 1.165) is 12.1 Å². The second-order valence-electron chi connectivity index (χ2n) is 5.76. The number of benzene rings is 2. The Morgan fingerprint density at radius 3 is 2.43 bits per heavy atom. The molecule has 0 aromatic heterocycles. The fourth-order valence-corrected chi connectivity index (χ4v) is 2.60. The normalized spacial score (nSPS) is 10.1. The topological polar surface area (TPSA) is 122 Å². The highest BCUT2D eigenvalue weighted by molar-refractivity contribution is 6.34. The molecule has 0 aliphatic heterocycles. The van der Waals surface area contributed by atoms with Gasteiger partial charge in [-0.1, -0.05) is 23.7 Å². The molecule has 0 bridgehead atoms. The number of nitro benzene ring substituents is 1. The summed E-state index contributed by atoms with van der Waals surface area (Å²) in [5.41, 5.74) is 0.178. The fraction of sp³-hybridized carbons (Fsp3) is 0.167. The molecule has 10 heteroatoms. The van der Waals surface area contributed by atoms with E-state index in [4.69, 9.17) is 11.6 Å². The molecule has 0 saturated carbocycles. The highest BCUT2D eigenvalue weighted by Gasteiger charge is 2.20. The van der Waals surface area contributed by atoms with E-state index >= 15 is 0 Å². The van der Waals surface area contributed by atoms with Crippen LogP contribution in [0.5, 0.6) is 0 Å². The van der Waals surface area contributed by atoms with Gasteiger partial charge in [-0.2, -0.15) is 0 Å². The minimum Gasteiger partial charge on any atom is -0.358 e. The van der Waals surface area contributed by atoms with Gasteiger partial charge in [-0.05, 0) is 18.2 Å². The molecule has 28 heavy (non-hydrogen) atoms. The Balaban J connectivity index is 2.25. The number of nitrogens with zero attached hydrogens (tertiary/aromatic N) is 2. The second kappa shape index (κ2) is 8.96. The first-order valence-corrected chi connectivity index (χ1v) is 8.42. The molecule has 9 nitrogen and oxygen atoms in total. The highest BCUT2D eigenvalue weighted by Crippen LogP contribution is 2.24. The van der Waals surface area contributed by atoms with Gasteiger partial charge in [0.05, 0.1) is 33.3 Å². The number of non-ortho nitro benzene ring substituents is 1. The van der Waals surface area contributed by atoms with Crippen LogP contribution in [0.15, 0.2) is 42.5 Å². The van der Waals surface area contributed by atoms with Crippen LogP contribution in [0.3, 0.4) is 0 Å². The Hall–Kier alpha value is -3.46. The lowest BCUT2D eigenvalue weighted by atomic mass is 10.1. The molecule has 0 fully saturated rings. The Labute approximate surface area is 165 Å². The molecular weight excluding hydrogens is 388 g/mol. The van der Waals surface area contributed by atoms with E-state index < -0.39 is 16.7 Å². The lowest BCUT2D eigenvalue weighted by molar-refractivity contribution is -0.384. The molecule has 3 amide bonds. The Bertz CT molecular complexity index is 947. The molecule has 0 atom stereocenters. The smallest absolute Gasteiger partial charge is 0.270 e. The zero-order chi connectivity index (χ0) is 20.8. The minimum atomic E-state index is -0.630. The SMILES string of the molecule is CNC(=O)CN(C)C(=O)c1ccccc1NC(=O)c1ccc([N+](=O)[O-])cc1Cl. The van der Waals surface area contributed by atoms with Gasteiger partial charge in [0.1, 0.15) is 0 Å². The largest absolute Gasteiger partial charge is 0.358 e. The standard InChI is InChI=1S/C18H17ClN4O5/c1-20-16(24)10-22(2)18(26)13-5-3-4-6-15(13)21-17(25)12-8-7-11(23(27)28)9-14(12)19/h3-9H,10H2,1-2H3,(H,20,24)(H,21,25). The molecule has 146 valence electrons. The maximum absolute atomic E-state index is 12.6. The van der Waals surface area contributed by atoms with E-state index in [1.807, 2.05) is 0 Å². The van der Waals surface area contributed by atoms with E-state index in [1.54, 1.807) is 12.1 Å². The lowest BCUT2D eigenvalue weighted by Gasteiger charge is -2.18. The van der Waals surface area contributed by atoms with Crippen molar-refractivity contribution in [3.63, 3.8) is 0 Å². The van der Waals surface area contributed by atoms with Gasteiger partial charge in [-0.15, -0.1) is 0 Å². The first-order chi connectivity index (χ1) is 13.2. The number of nitrogens with one attached hydrogen (secondary N) is 2. The summed E-state index contributed by atoms with van der Waals surface area (Å²) in [6.45, 7) is -0.147. The van der Waals surface area contributed by atoms with Crippen molar-refractivity contribution in [3.05, 3.63) is 68.7 Å². The number of nitro groups is 1. The van der Waals surface area contributed by atoms with E-state index in [0.29, 0.717) is 0 Å². The number of rotatable bonds is 6. The summed E-state index contributed by atoms with van der Waals surface area (Å²) in [7, 11) is 2.92. The number of halogens is 1. The van der Waals surface area contributed by atoms with Gasteiger partial charge in [0.2, 0.25) is 5.91 Å². The van der Waals surface area contributed by atoms with Crippen LogP contribution in [0.4, 0.5) is 11.4 Å². The molecule has 0 aliphatic rings. The van der Waals surface area contributed by atoms with Crippen LogP contribution < -0.4 is 10.6 Å². The van der Waals surface area contributed by atoms with Gasteiger partial charge in [-0.3, -0.25) is 24.5 Å². The molecule has 0 radical (unpaired) electrons. The molecule has 0 spiro atoms. The monoisotopic (exact) mass is 404 g/mol. The molecule has 2 N–H and O–H groups in total. The minimum absolute atomic E-state index is 0.0215. The third-order valence-electron chi connectivity index (χ3n) is 3.82. The lowest BCUT2D eigenvalue weighted by Crippen LogP contribution is -2.37. The van der Waals surface area contributed by atoms with Gasteiger partial charge < -0.3 is 15.5 Å². The third kappa shape index (κ3) is 4.83. The zero-order valence-electron chi connectivity index (χ0n) is 15.1. The molecule has 0 unspecified atom stereocenters. The molecule has 0 heterocycles. The van der Waals surface area contributed by atoms with Gasteiger partial charge >= 0.3 is 0 Å². The summed E-state index contributed by atoms with van der Waals surface area (Å²) in [4.78, 5) is 48.0. The predicted molar refractivity (Wildman–Crippen MR) is 104 cm³/mol. The summed E-state index contributed by atoms with van der Waals surface area (Å²) in [6, 6.07) is 9.75. The van der Waals surface area contributed by atoms with Crippen molar-refractivity contribution in [1.29, 1.82) is 0 Å². The van der Waals surface area contributed by atoms with Crippen molar-refractivity contribution in [2.45, 2.75) is 0 Å². The Kier molecular flexibility index (Phi) is 6.67. The first-order valence-electron chi connectivity index (χ1n) is 8.05. The maximum atomic E-state index is 12.6. The van der Waals surface area contributed by atoms with Crippen LogP contribution in [0, 0.1) is 10.1 Å². The zero-order valence-corrected chi connectivity index (χ0v) is 15.8. The van der Waals surface area contributed by atoms with E-state index in [2.05, 4.69) is 10.6 Å². The summed E-state index contributed by atoms with van der Waals surface area (Å²) >= 11 is 5.98. The number of likely N-dealkylation sites (N-methyl/N-ethyl adjacent to an activating group) is 2. The molecule has 0 aliphatic carbocycles. The number of carbonyl (C=O) groups is 3. The van der Waals surface area contributed by atoms with E-state index in [-0.39, 0.29) is 40.0 Å². The quantitative estimate of drug-likeness (QED) is 0.565. The average molecular weight is 405 g/mol. The Morgan fingerprint density at radius 1 is 1.14 bits per heavy atom. The Morgan fingerprint density at radius 2 is 1.82 bits per heavy atom. The van der Waals surface area contributed by atoms with Gasteiger partial charge in [0, 0.05) is 26.2 Å². The van der Waals surface area contributed by atoms with Crippen LogP contribution in [-0.2, 0) is 4.79 Å². The first kappa shape index (κ1) is 20.8. The summed E-state index contributed by atoms with van der Waals surface area (Å²) < 4.78 is 0. The van der Waals surface area contributed by atoms with Crippen LogP contribution in [0.2, 0.25) is 5.02 Å². The van der Waals surface area contributed by atoms with Crippen LogP contribution in [0.25, 0.3) is 0 Å². The number of amides is 3. The predicted octanol–water partition coefficient (Wildman–Crippen LogP) is 2.32. The third-order valence-corrected chi connectivity index (χ3v) is 4.13. The maximum Gasteiger partial charge on any atom is 0.270 e. The molecule has 2 rings (SSSR count). The van der Waals surface area contributed by atoms with Crippen LogP contribution in [-0.4, -0.2) is 48.2 Å². The van der Waals surface area contributed by atoms with Crippen molar-refractivity contribution in [2.75, 3.05) is 26.0 Å². The van der Waals surface area contributed by atoms with E-state index in [9.17, 15) is 24.5 Å². The fourth-order valence-electron chi connectivity index (χ4n) is 2.34. The van der Waals surface area contributed by atoms with Crippen molar-refractivity contribution in [3.8, 4) is 0 Å². The van der Waals surface area contributed by atoms with Crippen molar-refractivity contribution in [1.82, 2.24) is 10.2 Å². The van der Waals surface area contributed by atoms with E-state index in [1.165, 1.54) is 37.2 Å². The van der Waals surface area contributed by atoms with Crippen LogP contribution in [0.1, 0.15) is 20.7 Å². The van der Waals surface area contributed by atoms with Gasteiger partial charge in [0.25, 0.3) is 17.5 Å². The van der Waals surface area contributed by atoms with Crippen molar-refractivity contribution in [2.24, 2.45) is 0 Å². The van der Waals surface area contributed by atoms with Crippen molar-refractivity contribution >= 4 is 40.7 Å². The number of hydrogen-bond acceptors (Lipinski definition) is 5. The molecule has 0 saturated heterocycles. The molecule has 2 aromatic carbocycles. The highest BCUT2D eigenvalue weighted by atomic mass is 35.5. The number of anilines is 1. The summed E-state index contributed by atoms with van der Waals surface area (Å²) in [5, 5.41) is 15.7. The summed E-state index contributed by atoms with van der Waals surface area (Å²) in [6.07, 6.45) is 0. The van der Waals surface area contributed by atoms with Gasteiger partial charge in [-0.25, -0.2) is 0 Å².